The number of anilines is 1. The molecule has 1 saturated heterocycles. The number of aromatic nitrogens is 1. The van der Waals surface area contributed by atoms with Gasteiger partial charge in [-0.15, -0.1) is 35.7 Å². The van der Waals surface area contributed by atoms with Crippen LogP contribution in [0.4, 0.5) is 5.82 Å². The summed E-state index contributed by atoms with van der Waals surface area (Å²) in [5, 5.41) is 3.48. The molecule has 1 aromatic heterocycles. The van der Waals surface area contributed by atoms with E-state index >= 15 is 0 Å². The van der Waals surface area contributed by atoms with Gasteiger partial charge in [0.15, 0.2) is 5.96 Å². The van der Waals surface area contributed by atoms with Gasteiger partial charge in [-0.2, -0.15) is 0 Å². The van der Waals surface area contributed by atoms with Crippen molar-refractivity contribution >= 4 is 47.5 Å². The highest BCUT2D eigenvalue weighted by atomic mass is 127. The predicted octanol–water partition coefficient (Wildman–Crippen LogP) is 3.96. The first-order valence-electron chi connectivity index (χ1n) is 9.42. The predicted molar refractivity (Wildman–Crippen MR) is 131 cm³/mol. The molecule has 1 aliphatic heterocycles. The molecule has 3 rings (SSSR count). The molecule has 1 atom stereocenters. The van der Waals surface area contributed by atoms with E-state index in [1.165, 1.54) is 11.3 Å². The van der Waals surface area contributed by atoms with E-state index in [0.717, 1.165) is 36.3 Å². The van der Waals surface area contributed by atoms with Gasteiger partial charge in [-0.3, -0.25) is 4.99 Å². The lowest BCUT2D eigenvalue weighted by Crippen LogP contribution is -2.39. The Morgan fingerprint density at radius 1 is 1.21 bits per heavy atom. The molecule has 1 aliphatic rings. The highest BCUT2D eigenvalue weighted by molar-refractivity contribution is 14.0. The summed E-state index contributed by atoms with van der Waals surface area (Å²) in [7, 11) is 5.88. The number of guanidine groups is 1. The number of aliphatic imine (C=N–C) groups is 1. The Morgan fingerprint density at radius 3 is 2.71 bits per heavy atom. The molecule has 2 heterocycles. The van der Waals surface area contributed by atoms with Crippen molar-refractivity contribution in [3.8, 4) is 0 Å². The molecule has 0 bridgehead atoms. The van der Waals surface area contributed by atoms with E-state index < -0.39 is 0 Å². The van der Waals surface area contributed by atoms with Crippen molar-refractivity contribution in [2.75, 3.05) is 44.9 Å². The Bertz CT molecular complexity index is 753. The van der Waals surface area contributed by atoms with Crippen LogP contribution >= 0.6 is 35.7 Å². The maximum atomic E-state index is 4.67. The molecule has 0 spiro atoms. The summed E-state index contributed by atoms with van der Waals surface area (Å²) in [5.74, 6) is 3.80. The quantitative estimate of drug-likeness (QED) is 0.276. The van der Waals surface area contributed by atoms with Crippen molar-refractivity contribution in [1.82, 2.24) is 15.2 Å². The van der Waals surface area contributed by atoms with Crippen molar-refractivity contribution in [2.24, 2.45) is 10.9 Å². The van der Waals surface area contributed by atoms with Crippen LogP contribution < -0.4 is 10.2 Å². The number of pyridine rings is 1. The summed E-state index contributed by atoms with van der Waals surface area (Å²) in [5.41, 5.74) is 1.03. The molecule has 152 valence electrons. The van der Waals surface area contributed by atoms with Crippen LogP contribution in [0.25, 0.3) is 0 Å². The van der Waals surface area contributed by atoms with Crippen LogP contribution in [0.2, 0.25) is 0 Å². The molecular weight excluding hydrogens is 481 g/mol. The fraction of sp³-hybridized carbons (Fsp3) is 0.429. The van der Waals surface area contributed by atoms with Crippen LogP contribution in [0.5, 0.6) is 0 Å². The fourth-order valence-corrected chi connectivity index (χ4v) is 4.26. The van der Waals surface area contributed by atoms with Crippen LogP contribution in [-0.4, -0.2) is 55.8 Å². The van der Waals surface area contributed by atoms with Crippen LogP contribution in [0.15, 0.2) is 58.4 Å². The van der Waals surface area contributed by atoms with Crippen LogP contribution in [0, 0.1) is 5.92 Å². The normalized spacial score (nSPS) is 16.6. The van der Waals surface area contributed by atoms with E-state index in [0.29, 0.717) is 12.5 Å². The van der Waals surface area contributed by atoms with Gasteiger partial charge in [-0.1, -0.05) is 24.3 Å². The Kier molecular flexibility index (Phi) is 9.37. The van der Waals surface area contributed by atoms with E-state index in [-0.39, 0.29) is 24.0 Å². The van der Waals surface area contributed by atoms with Gasteiger partial charge in [0.25, 0.3) is 0 Å². The Hall–Kier alpha value is -1.48. The number of likely N-dealkylation sites (tertiary alicyclic amines) is 1. The third-order valence-corrected chi connectivity index (χ3v) is 5.95. The lowest BCUT2D eigenvalue weighted by molar-refractivity contribution is 0.473. The van der Waals surface area contributed by atoms with Crippen molar-refractivity contribution in [1.29, 1.82) is 0 Å². The number of nitrogens with zero attached hydrogens (tertiary/aromatic N) is 4. The molecule has 0 aliphatic carbocycles. The third-order valence-electron chi connectivity index (χ3n) is 4.70. The van der Waals surface area contributed by atoms with Crippen LogP contribution in [-0.2, 0) is 6.54 Å². The first kappa shape index (κ1) is 22.8. The minimum absolute atomic E-state index is 0. The molecule has 28 heavy (non-hydrogen) atoms. The third kappa shape index (κ3) is 6.55. The number of hydrogen-bond donors (Lipinski definition) is 1. The zero-order valence-corrected chi connectivity index (χ0v) is 20.0. The molecule has 0 saturated carbocycles. The molecule has 5 nitrogen and oxygen atoms in total. The maximum absolute atomic E-state index is 4.67. The standard InChI is InChI=1S/C21H29N5S.HI/c1-22-21(23-14-18-8-7-11-20(24-18)25(2)3)26-13-12-17(15-26)16-27-19-9-5-4-6-10-19;/h4-11,17H,12-16H2,1-3H3,(H,22,23);1H. The minimum atomic E-state index is 0. The highest BCUT2D eigenvalue weighted by Crippen LogP contribution is 2.25. The Balaban J connectivity index is 0.00000280. The van der Waals surface area contributed by atoms with E-state index in [9.17, 15) is 0 Å². The second-order valence-corrected chi connectivity index (χ2v) is 8.10. The second-order valence-electron chi connectivity index (χ2n) is 7.01. The number of halogens is 1. The average molecular weight is 511 g/mol. The number of rotatable bonds is 6. The van der Waals surface area contributed by atoms with Gasteiger partial charge >= 0.3 is 0 Å². The monoisotopic (exact) mass is 511 g/mol. The summed E-state index contributed by atoms with van der Waals surface area (Å²) in [6.07, 6.45) is 1.22. The molecule has 1 aromatic carbocycles. The van der Waals surface area contributed by atoms with E-state index in [1.54, 1.807) is 0 Å². The average Bonchev–Trinajstić information content (AvgIpc) is 3.17. The molecule has 2 aromatic rings. The van der Waals surface area contributed by atoms with Crippen molar-refractivity contribution in [3.63, 3.8) is 0 Å². The zero-order valence-electron chi connectivity index (χ0n) is 16.8. The molecule has 0 radical (unpaired) electrons. The van der Waals surface area contributed by atoms with Gasteiger partial charge in [0, 0.05) is 44.9 Å². The SMILES string of the molecule is CN=C(NCc1cccc(N(C)C)n1)N1CCC(CSc2ccccc2)C1.I. The zero-order chi connectivity index (χ0) is 19.1. The van der Waals surface area contributed by atoms with Crippen molar-refractivity contribution < 1.29 is 0 Å². The van der Waals surface area contributed by atoms with Crippen LogP contribution in [0.3, 0.4) is 0 Å². The molecular formula is C21H30IN5S. The lowest BCUT2D eigenvalue weighted by Gasteiger charge is -2.22. The smallest absolute Gasteiger partial charge is 0.193 e. The largest absolute Gasteiger partial charge is 0.363 e. The first-order chi connectivity index (χ1) is 13.2. The second kappa shape index (κ2) is 11.5. The molecule has 1 fully saturated rings. The number of nitrogens with one attached hydrogen (secondary N) is 1. The van der Waals surface area contributed by atoms with Crippen LogP contribution in [0.1, 0.15) is 12.1 Å². The number of benzene rings is 1. The molecule has 7 heteroatoms. The summed E-state index contributed by atoms with van der Waals surface area (Å²) in [6.45, 7) is 2.81. The summed E-state index contributed by atoms with van der Waals surface area (Å²) >= 11 is 1.95. The summed E-state index contributed by atoms with van der Waals surface area (Å²) < 4.78 is 0. The van der Waals surface area contributed by atoms with Crippen molar-refractivity contribution in [3.05, 3.63) is 54.2 Å². The number of thioether (sulfide) groups is 1. The Labute approximate surface area is 190 Å². The van der Waals surface area contributed by atoms with Gasteiger partial charge < -0.3 is 15.1 Å². The van der Waals surface area contributed by atoms with Gasteiger partial charge in [-0.05, 0) is 36.6 Å². The van der Waals surface area contributed by atoms with E-state index in [2.05, 4.69) is 62.7 Å². The summed E-state index contributed by atoms with van der Waals surface area (Å²) in [4.78, 5) is 14.9. The number of hydrogen-bond acceptors (Lipinski definition) is 4. The van der Waals surface area contributed by atoms with E-state index in [1.807, 2.05) is 43.9 Å². The van der Waals surface area contributed by atoms with Gasteiger partial charge in [-0.25, -0.2) is 4.98 Å². The highest BCUT2D eigenvalue weighted by Gasteiger charge is 2.24. The maximum Gasteiger partial charge on any atom is 0.193 e. The lowest BCUT2D eigenvalue weighted by atomic mass is 10.2. The van der Waals surface area contributed by atoms with Gasteiger partial charge in [0.05, 0.1) is 12.2 Å². The Morgan fingerprint density at radius 2 is 2.00 bits per heavy atom. The van der Waals surface area contributed by atoms with E-state index in [4.69, 9.17) is 0 Å². The molecule has 1 unspecified atom stereocenters. The fourth-order valence-electron chi connectivity index (χ4n) is 3.21. The first-order valence-corrected chi connectivity index (χ1v) is 10.4. The van der Waals surface area contributed by atoms with Gasteiger partial charge in [0.2, 0.25) is 0 Å². The molecule has 0 amide bonds. The molecule has 1 N–H and O–H groups in total. The van der Waals surface area contributed by atoms with Crippen molar-refractivity contribution in [2.45, 2.75) is 17.9 Å². The topological polar surface area (TPSA) is 43.8 Å². The van der Waals surface area contributed by atoms with Gasteiger partial charge in [0.1, 0.15) is 5.82 Å². The minimum Gasteiger partial charge on any atom is -0.363 e. The summed E-state index contributed by atoms with van der Waals surface area (Å²) in [6, 6.07) is 16.8.